The van der Waals surface area contributed by atoms with Gasteiger partial charge in [-0.05, 0) is 18.4 Å². The second-order valence-corrected chi connectivity index (χ2v) is 18.7. The van der Waals surface area contributed by atoms with Gasteiger partial charge in [0.15, 0.2) is 0 Å². The van der Waals surface area contributed by atoms with Crippen molar-refractivity contribution in [2.45, 2.75) is 46.7 Å². The van der Waals surface area contributed by atoms with Gasteiger partial charge in [-0.15, -0.1) is 69.1 Å². The van der Waals surface area contributed by atoms with E-state index < -0.39 is 0 Å². The van der Waals surface area contributed by atoms with Crippen LogP contribution in [0.5, 0.6) is 0 Å². The fraction of sp³-hybridized carbons (Fsp3) is 0.226. The van der Waals surface area contributed by atoms with E-state index in [0.717, 1.165) is 0 Å². The van der Waals surface area contributed by atoms with E-state index >= 15 is 0 Å². The Morgan fingerprint density at radius 3 is 1.94 bits per heavy atom. The molecule has 35 heavy (non-hydrogen) atoms. The average Bonchev–Trinajstić information content (AvgIpc) is 3.36. The Labute approximate surface area is 239 Å². The summed E-state index contributed by atoms with van der Waals surface area (Å²) < 4.78 is 0. The van der Waals surface area contributed by atoms with Crippen LogP contribution in [0.25, 0.3) is 32.7 Å². The van der Waals surface area contributed by atoms with Crippen molar-refractivity contribution in [3.8, 4) is 11.1 Å². The molecule has 0 spiro atoms. The maximum absolute atomic E-state index is 2.31. The molecule has 0 radical (unpaired) electrons. The molecule has 0 atom stereocenters. The summed E-state index contributed by atoms with van der Waals surface area (Å²) in [6.07, 6.45) is 0. The standard InChI is InChI=1S/C17H15.C12H13.C2H6Si.2ClH.Zr/c1-12-8-15-9-13(2)11-17(15)16(10-12)14-6-4-3-5-7-14;1-9(2)12-7-10-5-3-4-6-11(10)8-12;1-3-2;;;/h3-11H,1-2H3;3-9H,1-2H3;1-2H3;2*1H;/q2*-1;;;;+2/p-2. The summed E-state index contributed by atoms with van der Waals surface area (Å²) in [6.45, 7) is 13.4. The fourth-order valence-electron chi connectivity index (χ4n) is 3.99. The summed E-state index contributed by atoms with van der Waals surface area (Å²) in [6, 6.07) is 32.7. The molecule has 0 fully saturated rings. The van der Waals surface area contributed by atoms with Crippen LogP contribution in [0.3, 0.4) is 0 Å². The van der Waals surface area contributed by atoms with Crippen molar-refractivity contribution in [2.24, 2.45) is 0 Å². The van der Waals surface area contributed by atoms with Crippen molar-refractivity contribution in [2.75, 3.05) is 0 Å². The van der Waals surface area contributed by atoms with E-state index in [1.165, 1.54) is 49.4 Å². The van der Waals surface area contributed by atoms with Crippen LogP contribution in [0, 0.1) is 13.8 Å². The third kappa shape index (κ3) is 9.18. The number of fused-ring (bicyclic) bond motifs is 2. The molecule has 5 aromatic rings. The van der Waals surface area contributed by atoms with Crippen LogP contribution in [0.1, 0.15) is 36.5 Å². The van der Waals surface area contributed by atoms with Gasteiger partial charge in [-0.3, -0.25) is 0 Å². The number of rotatable bonds is 2. The third-order valence-corrected chi connectivity index (χ3v) is 5.50. The number of aryl methyl sites for hydroxylation is 2. The van der Waals surface area contributed by atoms with E-state index in [1.807, 2.05) is 0 Å². The Morgan fingerprint density at radius 2 is 1.34 bits per heavy atom. The molecule has 182 valence electrons. The summed E-state index contributed by atoms with van der Waals surface area (Å²) in [4.78, 5) is 0. The first kappa shape index (κ1) is 31.6. The first-order valence-corrected chi connectivity index (χ1v) is 17.8. The van der Waals surface area contributed by atoms with Gasteiger partial charge in [0.05, 0.1) is 0 Å². The Kier molecular flexibility index (Phi) is 13.5. The van der Waals surface area contributed by atoms with E-state index in [2.05, 4.69) is 132 Å². The maximum atomic E-state index is 2.31. The molecule has 5 aromatic carbocycles. The van der Waals surface area contributed by atoms with Crippen molar-refractivity contribution in [3.63, 3.8) is 0 Å². The van der Waals surface area contributed by atoms with Gasteiger partial charge in [0.2, 0.25) is 0 Å². The van der Waals surface area contributed by atoms with Crippen LogP contribution in [-0.4, -0.2) is 5.43 Å². The second kappa shape index (κ2) is 15.0. The summed E-state index contributed by atoms with van der Waals surface area (Å²) in [7, 11) is 0. The second-order valence-electron chi connectivity index (χ2n) is 9.29. The number of benzene rings is 3. The molecule has 0 aromatic heterocycles. The quantitative estimate of drug-likeness (QED) is 0.217. The zero-order chi connectivity index (χ0) is 24.0. The smallest absolute Gasteiger partial charge is 0.0279 e. The zero-order valence-electron chi connectivity index (χ0n) is 21.5. The van der Waals surface area contributed by atoms with E-state index in [9.17, 15) is 0 Å². The van der Waals surface area contributed by atoms with Crippen molar-refractivity contribution in [3.05, 3.63) is 108 Å². The maximum Gasteiger partial charge on any atom is -0.0279 e. The minimum atomic E-state index is 0. The van der Waals surface area contributed by atoms with Gasteiger partial charge in [0.25, 0.3) is 0 Å². The van der Waals surface area contributed by atoms with Crippen molar-refractivity contribution in [1.82, 2.24) is 0 Å². The predicted molar refractivity (Wildman–Crippen MR) is 146 cm³/mol. The van der Waals surface area contributed by atoms with Crippen LogP contribution in [0.4, 0.5) is 0 Å². The monoisotopic (exact) mass is 594 g/mol. The molecular formula is C31H34Cl2SiZr-2. The Hall–Kier alpha value is -1.44. The Morgan fingerprint density at radius 1 is 0.743 bits per heavy atom. The van der Waals surface area contributed by atoms with Crippen LogP contribution >= 0.6 is 0 Å². The van der Waals surface area contributed by atoms with Gasteiger partial charge in [0, 0.05) is 0 Å². The molecule has 5 rings (SSSR count). The van der Waals surface area contributed by atoms with Crippen molar-refractivity contribution < 1.29 is 48.1 Å². The summed E-state index contributed by atoms with van der Waals surface area (Å²) in [5, 5.41) is 5.43. The normalized spacial score (nSPS) is 9.97. The van der Waals surface area contributed by atoms with Crippen LogP contribution < -0.4 is 24.8 Å². The molecule has 0 amide bonds. The molecule has 4 heteroatoms. The molecule has 0 heterocycles. The molecule has 0 aliphatic carbocycles. The molecular weight excluding hydrogens is 563 g/mol. The molecule has 0 saturated heterocycles. The van der Waals surface area contributed by atoms with Gasteiger partial charge in [-0.2, -0.15) is 12.1 Å². The molecule has 0 saturated carbocycles. The summed E-state index contributed by atoms with van der Waals surface area (Å²) in [5.41, 5.74) is 6.95. The molecule has 0 bridgehead atoms. The first-order valence-electron chi connectivity index (χ1n) is 11.6. The topological polar surface area (TPSA) is 0 Å². The van der Waals surface area contributed by atoms with E-state index in [0.29, 0.717) is 5.92 Å². The van der Waals surface area contributed by atoms with Crippen LogP contribution in [-0.2, 0) is 23.3 Å². The van der Waals surface area contributed by atoms with E-state index in [4.69, 9.17) is 0 Å². The van der Waals surface area contributed by atoms with E-state index in [1.54, 1.807) is 23.3 Å². The zero-order valence-corrected chi connectivity index (χ0v) is 26.5. The molecule has 0 aliphatic heterocycles. The average molecular weight is 597 g/mol. The number of hydrogen-bond donors (Lipinski definition) is 0. The summed E-state index contributed by atoms with van der Waals surface area (Å²) >= 11 is 1.74. The largest absolute Gasteiger partial charge is 1.00 e. The van der Waals surface area contributed by atoms with Crippen molar-refractivity contribution in [1.29, 1.82) is 0 Å². The first-order chi connectivity index (χ1) is 15.7. The predicted octanol–water partition coefficient (Wildman–Crippen LogP) is 3.32. The minimum Gasteiger partial charge on any atom is -1.00 e. The summed E-state index contributed by atoms with van der Waals surface area (Å²) in [5.74, 6) is 0.636. The number of hydrogen-bond acceptors (Lipinski definition) is 0. The third-order valence-electron chi connectivity index (χ3n) is 5.50. The van der Waals surface area contributed by atoms with Gasteiger partial charge in [0.1, 0.15) is 0 Å². The van der Waals surface area contributed by atoms with E-state index in [-0.39, 0.29) is 30.2 Å². The van der Waals surface area contributed by atoms with Crippen molar-refractivity contribution >= 4 is 27.0 Å². The minimum absolute atomic E-state index is 0. The molecule has 0 aliphatic rings. The Balaban J connectivity index is 0.000000301. The van der Waals surface area contributed by atoms with Gasteiger partial charge < -0.3 is 24.8 Å². The number of halogens is 2. The van der Waals surface area contributed by atoms with Gasteiger partial charge in [-0.25, -0.2) is 0 Å². The Bertz CT molecular complexity index is 1310. The molecule has 0 nitrogen and oxygen atoms in total. The molecule has 0 unspecified atom stereocenters. The van der Waals surface area contributed by atoms with Crippen LogP contribution in [0.2, 0.25) is 13.1 Å². The van der Waals surface area contributed by atoms with Gasteiger partial charge in [-0.1, -0.05) is 74.4 Å². The fourth-order valence-corrected chi connectivity index (χ4v) is 3.99. The SMILES string of the molecule is CC(C)c1cc2ccccc2[cH-]1.C[Si](C)=[Zr+2].Cc1cc(-c2ccccc2)c2cc(C)[cH-]c2c1.[Cl-].[Cl-]. The molecule has 0 N–H and O–H groups in total. The van der Waals surface area contributed by atoms with Gasteiger partial charge >= 0.3 is 41.9 Å². The van der Waals surface area contributed by atoms with Crippen LogP contribution in [0.15, 0.2) is 91.0 Å².